The van der Waals surface area contributed by atoms with Gasteiger partial charge >= 0.3 is 0 Å². The zero-order valence-corrected chi connectivity index (χ0v) is 15.3. The van der Waals surface area contributed by atoms with Crippen molar-refractivity contribution in [3.8, 4) is 0 Å². The van der Waals surface area contributed by atoms with Gasteiger partial charge in [-0.3, -0.25) is 0 Å². The van der Waals surface area contributed by atoms with Crippen LogP contribution in [0.2, 0.25) is 0 Å². The maximum absolute atomic E-state index is 5.79. The van der Waals surface area contributed by atoms with E-state index in [-0.39, 0.29) is 24.0 Å². The fraction of sp³-hybridized carbons (Fsp3) is 0.692. The molecule has 0 bridgehead atoms. The van der Waals surface area contributed by atoms with Crippen molar-refractivity contribution in [3.63, 3.8) is 0 Å². The summed E-state index contributed by atoms with van der Waals surface area (Å²) in [7, 11) is 0. The summed E-state index contributed by atoms with van der Waals surface area (Å²) < 4.78 is 0. The first-order valence-electron chi connectivity index (χ1n) is 6.47. The van der Waals surface area contributed by atoms with Crippen molar-refractivity contribution in [3.05, 3.63) is 16.1 Å². The molecule has 4 nitrogen and oxygen atoms in total. The molecule has 1 heterocycles. The van der Waals surface area contributed by atoms with Crippen LogP contribution in [-0.4, -0.2) is 17.5 Å². The number of guanidine groups is 1. The van der Waals surface area contributed by atoms with Crippen LogP contribution in [0.15, 0.2) is 10.4 Å². The average Bonchev–Trinajstić information content (AvgIpc) is 2.74. The second-order valence-electron chi connectivity index (χ2n) is 5.13. The number of nitrogens with one attached hydrogen (secondary N) is 1. The number of nitrogens with zero attached hydrogens (tertiary/aromatic N) is 2. The summed E-state index contributed by atoms with van der Waals surface area (Å²) in [5.41, 5.74) is 6.93. The molecule has 1 aromatic heterocycles. The van der Waals surface area contributed by atoms with E-state index in [1.165, 1.54) is 0 Å². The largest absolute Gasteiger partial charge is 0.370 e. The van der Waals surface area contributed by atoms with E-state index in [0.717, 1.165) is 23.7 Å². The maximum Gasteiger partial charge on any atom is 0.189 e. The fourth-order valence-corrected chi connectivity index (χ4v) is 2.24. The van der Waals surface area contributed by atoms with Gasteiger partial charge in [-0.1, -0.05) is 27.7 Å². The smallest absolute Gasteiger partial charge is 0.189 e. The number of hydrogen-bond donors (Lipinski definition) is 2. The van der Waals surface area contributed by atoms with Crippen LogP contribution in [0.5, 0.6) is 0 Å². The van der Waals surface area contributed by atoms with Gasteiger partial charge in [-0.25, -0.2) is 9.98 Å². The Labute approximate surface area is 137 Å². The number of halogens is 1. The topological polar surface area (TPSA) is 63.3 Å². The van der Waals surface area contributed by atoms with Gasteiger partial charge in [0, 0.05) is 11.9 Å². The van der Waals surface area contributed by atoms with E-state index in [4.69, 9.17) is 5.73 Å². The van der Waals surface area contributed by atoms with Crippen LogP contribution < -0.4 is 11.1 Å². The highest BCUT2D eigenvalue weighted by Gasteiger charge is 2.05. The van der Waals surface area contributed by atoms with E-state index in [0.29, 0.717) is 24.3 Å². The molecule has 0 fully saturated rings. The molecule has 1 aromatic rings. The van der Waals surface area contributed by atoms with E-state index in [2.05, 4.69) is 48.4 Å². The van der Waals surface area contributed by atoms with Crippen LogP contribution in [0.4, 0.5) is 0 Å². The van der Waals surface area contributed by atoms with Crippen molar-refractivity contribution in [2.45, 2.75) is 46.6 Å². The molecular formula is C13H25IN4S. The summed E-state index contributed by atoms with van der Waals surface area (Å²) in [6.07, 6.45) is 1.10. The SMILES string of the molecule is CC(C)CCNC(N)=NCc1nc(C(C)C)cs1.I. The summed E-state index contributed by atoms with van der Waals surface area (Å²) >= 11 is 1.65. The van der Waals surface area contributed by atoms with Crippen molar-refractivity contribution in [2.75, 3.05) is 6.54 Å². The third kappa shape index (κ3) is 7.71. The molecule has 19 heavy (non-hydrogen) atoms. The van der Waals surface area contributed by atoms with Gasteiger partial charge in [-0.05, 0) is 18.3 Å². The highest BCUT2D eigenvalue weighted by molar-refractivity contribution is 14.0. The van der Waals surface area contributed by atoms with E-state index >= 15 is 0 Å². The monoisotopic (exact) mass is 396 g/mol. The van der Waals surface area contributed by atoms with E-state index in [1.807, 2.05) is 0 Å². The first-order chi connectivity index (χ1) is 8.49. The Hall–Kier alpha value is -0.370. The van der Waals surface area contributed by atoms with Crippen molar-refractivity contribution in [1.29, 1.82) is 0 Å². The van der Waals surface area contributed by atoms with Gasteiger partial charge in [-0.2, -0.15) is 0 Å². The molecule has 0 aromatic carbocycles. The quantitative estimate of drug-likeness (QED) is 0.441. The van der Waals surface area contributed by atoms with E-state index in [9.17, 15) is 0 Å². The molecule has 1 rings (SSSR count). The van der Waals surface area contributed by atoms with Gasteiger partial charge in [0.15, 0.2) is 5.96 Å². The number of rotatable bonds is 6. The van der Waals surface area contributed by atoms with Crippen LogP contribution in [0.3, 0.4) is 0 Å². The van der Waals surface area contributed by atoms with Gasteiger partial charge in [0.2, 0.25) is 0 Å². The van der Waals surface area contributed by atoms with Crippen LogP contribution in [0.1, 0.15) is 50.7 Å². The molecule has 0 unspecified atom stereocenters. The molecule has 0 aliphatic carbocycles. The molecule has 0 radical (unpaired) electrons. The summed E-state index contributed by atoms with van der Waals surface area (Å²) in [4.78, 5) is 8.81. The van der Waals surface area contributed by atoms with Crippen LogP contribution in [0, 0.1) is 5.92 Å². The zero-order chi connectivity index (χ0) is 13.5. The van der Waals surface area contributed by atoms with Crippen LogP contribution in [-0.2, 0) is 6.54 Å². The minimum atomic E-state index is 0. The summed E-state index contributed by atoms with van der Waals surface area (Å²) in [5, 5.41) is 6.23. The number of nitrogens with two attached hydrogens (primary N) is 1. The average molecular weight is 396 g/mol. The van der Waals surface area contributed by atoms with E-state index in [1.54, 1.807) is 11.3 Å². The van der Waals surface area contributed by atoms with Gasteiger partial charge in [-0.15, -0.1) is 35.3 Å². The Bertz CT molecular complexity index is 388. The van der Waals surface area contributed by atoms with Crippen molar-refractivity contribution >= 4 is 41.3 Å². The number of thiazole rings is 1. The zero-order valence-electron chi connectivity index (χ0n) is 12.1. The maximum atomic E-state index is 5.79. The first-order valence-corrected chi connectivity index (χ1v) is 7.35. The normalized spacial score (nSPS) is 11.8. The summed E-state index contributed by atoms with van der Waals surface area (Å²) in [6.45, 7) is 10.1. The Balaban J connectivity index is 0.00000324. The number of aliphatic imine (C=N–C) groups is 1. The molecule has 0 aliphatic rings. The second kappa shape index (κ2) is 9.52. The van der Waals surface area contributed by atoms with Gasteiger partial charge < -0.3 is 11.1 Å². The lowest BCUT2D eigenvalue weighted by Gasteiger charge is -2.06. The predicted molar refractivity (Wildman–Crippen MR) is 94.4 cm³/mol. The highest BCUT2D eigenvalue weighted by atomic mass is 127. The molecule has 0 spiro atoms. The molecule has 0 atom stereocenters. The molecule has 110 valence electrons. The standard InChI is InChI=1S/C13H24N4S.HI/c1-9(2)5-6-15-13(14)16-7-12-17-11(8-18-12)10(3)4;/h8-10H,5-7H2,1-4H3,(H3,14,15,16);1H. The second-order valence-corrected chi connectivity index (χ2v) is 6.07. The highest BCUT2D eigenvalue weighted by Crippen LogP contribution is 2.18. The van der Waals surface area contributed by atoms with Crippen molar-refractivity contribution < 1.29 is 0 Å². The van der Waals surface area contributed by atoms with Gasteiger partial charge in [0.25, 0.3) is 0 Å². The third-order valence-corrected chi connectivity index (χ3v) is 3.43. The Morgan fingerprint density at radius 3 is 2.63 bits per heavy atom. The van der Waals surface area contributed by atoms with Crippen LogP contribution >= 0.6 is 35.3 Å². The number of hydrogen-bond acceptors (Lipinski definition) is 3. The lowest BCUT2D eigenvalue weighted by molar-refractivity contribution is 0.576. The third-order valence-electron chi connectivity index (χ3n) is 2.57. The first kappa shape index (κ1) is 18.6. The predicted octanol–water partition coefficient (Wildman–Crippen LogP) is 3.33. The van der Waals surface area contributed by atoms with E-state index < -0.39 is 0 Å². The Morgan fingerprint density at radius 1 is 1.42 bits per heavy atom. The fourth-order valence-electron chi connectivity index (χ4n) is 1.36. The molecule has 3 N–H and O–H groups in total. The molecule has 6 heteroatoms. The molecular weight excluding hydrogens is 371 g/mol. The lowest BCUT2D eigenvalue weighted by Crippen LogP contribution is -2.32. The Kier molecular flexibility index (Phi) is 9.34. The number of aromatic nitrogens is 1. The van der Waals surface area contributed by atoms with Crippen molar-refractivity contribution in [1.82, 2.24) is 10.3 Å². The molecule has 0 aliphatic heterocycles. The minimum Gasteiger partial charge on any atom is -0.370 e. The lowest BCUT2D eigenvalue weighted by atomic mass is 10.1. The molecule has 0 saturated carbocycles. The summed E-state index contributed by atoms with van der Waals surface area (Å²) in [6, 6.07) is 0. The minimum absolute atomic E-state index is 0. The van der Waals surface area contributed by atoms with Crippen LogP contribution in [0.25, 0.3) is 0 Å². The van der Waals surface area contributed by atoms with Gasteiger partial charge in [0.1, 0.15) is 5.01 Å². The molecule has 0 amide bonds. The van der Waals surface area contributed by atoms with Gasteiger partial charge in [0.05, 0.1) is 12.2 Å². The molecule has 0 saturated heterocycles. The Morgan fingerprint density at radius 2 is 2.11 bits per heavy atom. The van der Waals surface area contributed by atoms with Crippen molar-refractivity contribution in [2.24, 2.45) is 16.6 Å². The summed E-state index contributed by atoms with van der Waals surface area (Å²) in [5.74, 6) is 1.66.